The number of ether oxygens (including phenoxy) is 1. The van der Waals surface area contributed by atoms with E-state index in [-0.39, 0.29) is 18.0 Å². The molecule has 1 atom stereocenters. The number of carbonyl (C=O) groups excluding carboxylic acids is 1. The van der Waals surface area contributed by atoms with Gasteiger partial charge in [-0.3, -0.25) is 4.79 Å². The van der Waals surface area contributed by atoms with Crippen LogP contribution in [0, 0.1) is 0 Å². The Labute approximate surface area is 142 Å². The Kier molecular flexibility index (Phi) is 4.76. The summed E-state index contributed by atoms with van der Waals surface area (Å²) in [5.74, 6) is -0.116. The Morgan fingerprint density at radius 3 is 2.88 bits per heavy atom. The van der Waals surface area contributed by atoms with Crippen LogP contribution in [-0.2, 0) is 6.42 Å². The van der Waals surface area contributed by atoms with Crippen molar-refractivity contribution in [2.24, 2.45) is 0 Å². The van der Waals surface area contributed by atoms with Gasteiger partial charge < -0.3 is 14.5 Å². The highest BCUT2D eigenvalue weighted by atomic mass is 16.5. The summed E-state index contributed by atoms with van der Waals surface area (Å²) in [6.07, 6.45) is 3.46. The summed E-state index contributed by atoms with van der Waals surface area (Å²) in [6.45, 7) is 0.808. The molecule has 1 aliphatic rings. The van der Waals surface area contributed by atoms with E-state index in [1.54, 1.807) is 12.3 Å². The van der Waals surface area contributed by atoms with E-state index in [2.05, 4.69) is 20.9 Å². The number of rotatable bonds is 4. The second-order valence-electron chi connectivity index (χ2n) is 6.19. The van der Waals surface area contributed by atoms with Crippen molar-refractivity contribution in [3.8, 4) is 6.01 Å². The van der Waals surface area contributed by atoms with Gasteiger partial charge in [-0.1, -0.05) is 18.2 Å². The minimum absolute atomic E-state index is 0.114. The van der Waals surface area contributed by atoms with Crippen LogP contribution in [0.1, 0.15) is 22.5 Å². The number of nitrogens with zero attached hydrogens (tertiary/aromatic N) is 4. The van der Waals surface area contributed by atoms with Crippen molar-refractivity contribution in [3.05, 3.63) is 47.8 Å². The van der Waals surface area contributed by atoms with Gasteiger partial charge in [-0.2, -0.15) is 4.98 Å². The van der Waals surface area contributed by atoms with Crippen LogP contribution in [0.15, 0.2) is 36.5 Å². The quantitative estimate of drug-likeness (QED) is 0.860. The molecular weight excluding hydrogens is 304 g/mol. The van der Waals surface area contributed by atoms with Crippen LogP contribution >= 0.6 is 0 Å². The molecule has 126 valence electrons. The average molecular weight is 326 g/mol. The predicted octanol–water partition coefficient (Wildman–Crippen LogP) is 2.01. The largest absolute Gasteiger partial charge is 0.467 e. The lowest BCUT2D eigenvalue weighted by atomic mass is 9.95. The van der Waals surface area contributed by atoms with Gasteiger partial charge in [0.05, 0.1) is 13.2 Å². The lowest BCUT2D eigenvalue weighted by Gasteiger charge is -2.38. The number of aryl methyl sites for hydroxylation is 1. The second-order valence-corrected chi connectivity index (χ2v) is 6.19. The molecule has 2 aromatic rings. The highest BCUT2D eigenvalue weighted by Crippen LogP contribution is 2.32. The third kappa shape index (κ3) is 3.23. The third-order valence-electron chi connectivity index (χ3n) is 4.19. The van der Waals surface area contributed by atoms with Crippen molar-refractivity contribution in [1.29, 1.82) is 0 Å². The minimum atomic E-state index is -0.116. The first-order valence-corrected chi connectivity index (χ1v) is 8.03. The Morgan fingerprint density at radius 1 is 1.33 bits per heavy atom. The third-order valence-corrected chi connectivity index (χ3v) is 4.19. The maximum atomic E-state index is 13.2. The van der Waals surface area contributed by atoms with Crippen LogP contribution in [0.25, 0.3) is 0 Å². The summed E-state index contributed by atoms with van der Waals surface area (Å²) in [7, 11) is 5.54. The maximum Gasteiger partial charge on any atom is 0.316 e. The van der Waals surface area contributed by atoms with Crippen LogP contribution < -0.4 is 9.64 Å². The van der Waals surface area contributed by atoms with E-state index in [1.807, 2.05) is 37.2 Å². The van der Waals surface area contributed by atoms with E-state index in [4.69, 9.17) is 4.74 Å². The molecule has 1 aliphatic heterocycles. The van der Waals surface area contributed by atoms with Gasteiger partial charge in [-0.15, -0.1) is 0 Å². The summed E-state index contributed by atoms with van der Waals surface area (Å²) < 4.78 is 5.05. The topological polar surface area (TPSA) is 58.6 Å². The van der Waals surface area contributed by atoms with Crippen molar-refractivity contribution in [2.75, 3.05) is 32.6 Å². The van der Waals surface area contributed by atoms with E-state index in [9.17, 15) is 4.79 Å². The molecule has 6 heteroatoms. The highest BCUT2D eigenvalue weighted by Gasteiger charge is 2.32. The molecule has 0 aliphatic carbocycles. The molecule has 24 heavy (non-hydrogen) atoms. The average Bonchev–Trinajstić information content (AvgIpc) is 2.60. The first-order valence-electron chi connectivity index (χ1n) is 8.03. The van der Waals surface area contributed by atoms with Crippen LogP contribution in [0.5, 0.6) is 6.01 Å². The lowest BCUT2D eigenvalue weighted by molar-refractivity contribution is 0.0962. The summed E-state index contributed by atoms with van der Waals surface area (Å²) >= 11 is 0. The standard InChI is InChI=1S/C18H22N4O2/c1-21(2)12-14-9-8-13-6-4-5-7-16(13)22(14)17(23)15-10-11-19-18(20-15)24-3/h4-7,10-11,14H,8-9,12H2,1-3H3. The molecule has 1 aromatic carbocycles. The van der Waals surface area contributed by atoms with Gasteiger partial charge in [-0.05, 0) is 44.6 Å². The number of aromatic nitrogens is 2. The number of anilines is 1. The lowest BCUT2D eigenvalue weighted by Crippen LogP contribution is -2.48. The molecule has 1 unspecified atom stereocenters. The van der Waals surface area contributed by atoms with Crippen molar-refractivity contribution >= 4 is 11.6 Å². The van der Waals surface area contributed by atoms with Gasteiger partial charge in [0.25, 0.3) is 5.91 Å². The number of amides is 1. The normalized spacial score (nSPS) is 16.8. The van der Waals surface area contributed by atoms with Gasteiger partial charge in [-0.25, -0.2) is 4.98 Å². The van der Waals surface area contributed by atoms with Crippen LogP contribution in [-0.4, -0.2) is 54.6 Å². The minimum Gasteiger partial charge on any atom is -0.467 e. The molecule has 0 radical (unpaired) electrons. The number of para-hydroxylation sites is 1. The highest BCUT2D eigenvalue weighted by molar-refractivity contribution is 6.06. The number of hydrogen-bond acceptors (Lipinski definition) is 5. The van der Waals surface area contributed by atoms with E-state index in [1.165, 1.54) is 12.7 Å². The van der Waals surface area contributed by atoms with Crippen LogP contribution in [0.3, 0.4) is 0 Å². The van der Waals surface area contributed by atoms with E-state index < -0.39 is 0 Å². The zero-order chi connectivity index (χ0) is 17.1. The van der Waals surface area contributed by atoms with Gasteiger partial charge in [0.1, 0.15) is 5.69 Å². The zero-order valence-corrected chi connectivity index (χ0v) is 14.3. The molecule has 1 aromatic heterocycles. The predicted molar refractivity (Wildman–Crippen MR) is 92.5 cm³/mol. The molecule has 2 heterocycles. The number of likely N-dealkylation sites (N-methyl/N-ethyl adjacent to an activating group) is 1. The van der Waals surface area contributed by atoms with Crippen LogP contribution in [0.2, 0.25) is 0 Å². The summed E-state index contributed by atoms with van der Waals surface area (Å²) in [4.78, 5) is 25.4. The monoisotopic (exact) mass is 326 g/mol. The summed E-state index contributed by atoms with van der Waals surface area (Å²) in [6, 6.07) is 10.0. The SMILES string of the molecule is COc1nccc(C(=O)N2c3ccccc3CCC2CN(C)C)n1. The molecule has 3 rings (SSSR count). The van der Waals surface area contributed by atoms with E-state index in [0.29, 0.717) is 5.69 Å². The number of fused-ring (bicyclic) bond motifs is 1. The Balaban J connectivity index is 2.00. The molecule has 0 bridgehead atoms. The zero-order valence-electron chi connectivity index (χ0n) is 14.3. The first kappa shape index (κ1) is 16.4. The molecule has 0 fully saturated rings. The van der Waals surface area contributed by atoms with E-state index in [0.717, 1.165) is 25.1 Å². The second kappa shape index (κ2) is 6.97. The first-order chi connectivity index (χ1) is 11.6. The molecule has 0 N–H and O–H groups in total. The fraction of sp³-hybridized carbons (Fsp3) is 0.389. The van der Waals surface area contributed by atoms with Gasteiger partial charge >= 0.3 is 6.01 Å². The van der Waals surface area contributed by atoms with Gasteiger partial charge in [0.15, 0.2) is 0 Å². The van der Waals surface area contributed by atoms with Crippen molar-refractivity contribution in [1.82, 2.24) is 14.9 Å². The van der Waals surface area contributed by atoms with Gasteiger partial charge in [0.2, 0.25) is 0 Å². The molecule has 6 nitrogen and oxygen atoms in total. The Morgan fingerprint density at radius 2 is 2.12 bits per heavy atom. The Bertz CT molecular complexity index is 732. The molecule has 0 spiro atoms. The van der Waals surface area contributed by atoms with Crippen molar-refractivity contribution < 1.29 is 9.53 Å². The summed E-state index contributed by atoms with van der Waals surface area (Å²) in [5, 5.41) is 0. The van der Waals surface area contributed by atoms with Gasteiger partial charge in [0, 0.05) is 18.4 Å². The maximum absolute atomic E-state index is 13.2. The van der Waals surface area contributed by atoms with Crippen molar-refractivity contribution in [3.63, 3.8) is 0 Å². The molecular formula is C18H22N4O2. The molecule has 1 amide bonds. The molecule has 0 saturated carbocycles. The summed E-state index contributed by atoms with van der Waals surface area (Å²) in [5.41, 5.74) is 2.52. The number of hydrogen-bond donors (Lipinski definition) is 0. The Hall–Kier alpha value is -2.47. The smallest absolute Gasteiger partial charge is 0.316 e. The number of carbonyl (C=O) groups is 1. The fourth-order valence-electron chi connectivity index (χ4n) is 3.16. The fourth-order valence-corrected chi connectivity index (χ4v) is 3.16. The molecule has 0 saturated heterocycles. The number of benzene rings is 1. The number of methoxy groups -OCH3 is 1. The van der Waals surface area contributed by atoms with Crippen LogP contribution in [0.4, 0.5) is 5.69 Å². The van der Waals surface area contributed by atoms with E-state index >= 15 is 0 Å². The van der Waals surface area contributed by atoms with Crippen molar-refractivity contribution in [2.45, 2.75) is 18.9 Å².